The summed E-state index contributed by atoms with van der Waals surface area (Å²) < 4.78 is 1.49. The van der Waals surface area contributed by atoms with Crippen molar-refractivity contribution in [3.63, 3.8) is 0 Å². The maximum atomic E-state index is 12.2. The van der Waals surface area contributed by atoms with Crippen LogP contribution in [0, 0.1) is 0 Å². The molecule has 124 valence electrons. The highest BCUT2D eigenvalue weighted by Gasteiger charge is 2.23. The van der Waals surface area contributed by atoms with Gasteiger partial charge in [-0.15, -0.1) is 0 Å². The Balaban J connectivity index is 2.25. The van der Waals surface area contributed by atoms with E-state index >= 15 is 0 Å². The molecule has 6 heteroatoms. The van der Waals surface area contributed by atoms with Crippen LogP contribution in [0.1, 0.15) is 49.7 Å². The van der Waals surface area contributed by atoms with E-state index in [1.165, 1.54) is 16.4 Å². The van der Waals surface area contributed by atoms with Crippen molar-refractivity contribution in [2.45, 2.75) is 39.2 Å². The van der Waals surface area contributed by atoms with Crippen molar-refractivity contribution in [1.29, 1.82) is 0 Å². The molecular weight excluding hydrogens is 292 g/mol. The van der Waals surface area contributed by atoms with Crippen LogP contribution in [0.2, 0.25) is 0 Å². The van der Waals surface area contributed by atoms with Crippen LogP contribution in [0.25, 0.3) is 5.69 Å². The molecule has 1 amide bonds. The predicted octanol–water partition coefficient (Wildman–Crippen LogP) is 2.17. The minimum absolute atomic E-state index is 0.0144. The Morgan fingerprint density at radius 3 is 2.48 bits per heavy atom. The molecule has 0 saturated heterocycles. The molecule has 0 radical (unpaired) electrons. The monoisotopic (exact) mass is 316 g/mol. The van der Waals surface area contributed by atoms with Crippen LogP contribution in [0.3, 0.4) is 0 Å². The number of aromatic hydroxyl groups is 1. The highest BCUT2D eigenvalue weighted by molar-refractivity contribution is 5.95. The summed E-state index contributed by atoms with van der Waals surface area (Å²) in [5, 5.41) is 16.9. The van der Waals surface area contributed by atoms with Gasteiger partial charge in [0.25, 0.3) is 5.91 Å². The van der Waals surface area contributed by atoms with Crippen LogP contribution < -0.4 is 11.1 Å². The average Bonchev–Trinajstić information content (AvgIpc) is 2.89. The molecule has 0 atom stereocenters. The lowest BCUT2D eigenvalue weighted by atomic mass is 10.0. The standard InChI is InChI=1S/C17H24N4O2/c1-11(2)12-5-7-13(8-6-12)21-9-14(22)15(20-21)16(23)19-17(3,4)10-18/h5-9,11,22H,10,18H2,1-4H3,(H,19,23). The second-order valence-electron chi connectivity index (χ2n) is 6.60. The smallest absolute Gasteiger partial charge is 0.276 e. The number of nitrogens with zero attached hydrogens (tertiary/aromatic N) is 2. The number of aromatic nitrogens is 2. The third-order valence-corrected chi connectivity index (χ3v) is 3.70. The summed E-state index contributed by atoms with van der Waals surface area (Å²) in [6, 6.07) is 7.84. The summed E-state index contributed by atoms with van der Waals surface area (Å²) in [4.78, 5) is 12.2. The summed E-state index contributed by atoms with van der Waals surface area (Å²) in [6.07, 6.45) is 1.43. The van der Waals surface area contributed by atoms with Crippen LogP contribution in [-0.2, 0) is 0 Å². The topological polar surface area (TPSA) is 93.2 Å². The van der Waals surface area contributed by atoms with Gasteiger partial charge in [0, 0.05) is 12.1 Å². The van der Waals surface area contributed by atoms with Gasteiger partial charge in [0.1, 0.15) is 0 Å². The SMILES string of the molecule is CC(C)c1ccc(-n2cc(O)c(C(=O)NC(C)(C)CN)n2)cc1. The highest BCUT2D eigenvalue weighted by Crippen LogP contribution is 2.21. The van der Waals surface area contributed by atoms with E-state index < -0.39 is 11.4 Å². The van der Waals surface area contributed by atoms with E-state index in [0.29, 0.717) is 5.92 Å². The molecule has 0 bridgehead atoms. The second kappa shape index (κ2) is 6.42. The summed E-state index contributed by atoms with van der Waals surface area (Å²) in [7, 11) is 0. The number of hydrogen-bond acceptors (Lipinski definition) is 4. The number of hydrogen-bond donors (Lipinski definition) is 3. The first-order valence-electron chi connectivity index (χ1n) is 7.65. The number of amides is 1. The number of nitrogens with one attached hydrogen (secondary N) is 1. The third-order valence-electron chi connectivity index (χ3n) is 3.70. The predicted molar refractivity (Wildman–Crippen MR) is 89.9 cm³/mol. The van der Waals surface area contributed by atoms with Gasteiger partial charge >= 0.3 is 0 Å². The Labute approximate surface area is 136 Å². The number of rotatable bonds is 5. The second-order valence-corrected chi connectivity index (χ2v) is 6.60. The van der Waals surface area contributed by atoms with Crippen molar-refractivity contribution in [2.75, 3.05) is 6.54 Å². The number of carbonyl (C=O) groups excluding carboxylic acids is 1. The molecule has 1 heterocycles. The molecule has 0 saturated carbocycles. The number of nitrogens with two attached hydrogens (primary N) is 1. The summed E-state index contributed by atoms with van der Waals surface area (Å²) in [5.74, 6) is -0.173. The first-order valence-corrected chi connectivity index (χ1v) is 7.65. The molecule has 2 rings (SSSR count). The van der Waals surface area contributed by atoms with E-state index in [1.54, 1.807) is 0 Å². The Morgan fingerprint density at radius 1 is 1.35 bits per heavy atom. The first kappa shape index (κ1) is 17.0. The van der Waals surface area contributed by atoms with E-state index in [0.717, 1.165) is 5.69 Å². The molecular formula is C17H24N4O2. The van der Waals surface area contributed by atoms with E-state index in [9.17, 15) is 9.90 Å². The van der Waals surface area contributed by atoms with Crippen molar-refractivity contribution in [3.05, 3.63) is 41.7 Å². The lowest BCUT2D eigenvalue weighted by molar-refractivity contribution is 0.0907. The van der Waals surface area contributed by atoms with Gasteiger partial charge in [-0.2, -0.15) is 5.10 Å². The molecule has 0 aliphatic heterocycles. The molecule has 0 spiro atoms. The molecule has 6 nitrogen and oxygen atoms in total. The van der Waals surface area contributed by atoms with Crippen molar-refractivity contribution < 1.29 is 9.90 Å². The van der Waals surface area contributed by atoms with E-state index in [2.05, 4.69) is 24.3 Å². The normalized spacial score (nSPS) is 11.7. The van der Waals surface area contributed by atoms with Crippen molar-refractivity contribution in [1.82, 2.24) is 15.1 Å². The van der Waals surface area contributed by atoms with E-state index in [4.69, 9.17) is 5.73 Å². The van der Waals surface area contributed by atoms with Gasteiger partial charge in [-0.25, -0.2) is 4.68 Å². The maximum absolute atomic E-state index is 12.2. The fourth-order valence-corrected chi connectivity index (χ4v) is 2.09. The fraction of sp³-hybridized carbons (Fsp3) is 0.412. The van der Waals surface area contributed by atoms with Crippen LogP contribution >= 0.6 is 0 Å². The molecule has 0 aliphatic rings. The quantitative estimate of drug-likeness (QED) is 0.788. The minimum atomic E-state index is -0.563. The van der Waals surface area contributed by atoms with E-state index in [-0.39, 0.29) is 18.0 Å². The van der Waals surface area contributed by atoms with E-state index in [1.807, 2.05) is 38.1 Å². The Kier molecular flexibility index (Phi) is 4.75. The lowest BCUT2D eigenvalue weighted by Gasteiger charge is -2.23. The van der Waals surface area contributed by atoms with Crippen LogP contribution in [0.4, 0.5) is 0 Å². The summed E-state index contributed by atoms with van der Waals surface area (Å²) >= 11 is 0. The Bertz CT molecular complexity index is 687. The zero-order valence-electron chi connectivity index (χ0n) is 14.0. The zero-order valence-corrected chi connectivity index (χ0v) is 14.0. The van der Waals surface area contributed by atoms with Gasteiger partial charge in [0.15, 0.2) is 11.4 Å². The van der Waals surface area contributed by atoms with Gasteiger partial charge in [-0.3, -0.25) is 4.79 Å². The van der Waals surface area contributed by atoms with Gasteiger partial charge in [0.2, 0.25) is 0 Å². The molecule has 0 fully saturated rings. The molecule has 1 aromatic heterocycles. The lowest BCUT2D eigenvalue weighted by Crippen LogP contribution is -2.49. The molecule has 23 heavy (non-hydrogen) atoms. The third kappa shape index (κ3) is 3.90. The Morgan fingerprint density at radius 2 is 1.96 bits per heavy atom. The largest absolute Gasteiger partial charge is 0.504 e. The average molecular weight is 316 g/mol. The summed E-state index contributed by atoms with van der Waals surface area (Å²) in [6.45, 7) is 8.15. The molecule has 0 unspecified atom stereocenters. The Hall–Kier alpha value is -2.34. The van der Waals surface area contributed by atoms with Crippen LogP contribution in [0.15, 0.2) is 30.5 Å². The van der Waals surface area contributed by atoms with Crippen LogP contribution in [0.5, 0.6) is 5.75 Å². The fourth-order valence-electron chi connectivity index (χ4n) is 2.09. The highest BCUT2D eigenvalue weighted by atomic mass is 16.3. The van der Waals surface area contributed by atoms with Gasteiger partial charge in [-0.1, -0.05) is 26.0 Å². The zero-order chi connectivity index (χ0) is 17.2. The number of carbonyl (C=O) groups is 1. The van der Waals surface area contributed by atoms with Gasteiger partial charge < -0.3 is 16.2 Å². The van der Waals surface area contributed by atoms with Gasteiger partial charge in [0.05, 0.1) is 11.9 Å². The molecule has 1 aromatic carbocycles. The van der Waals surface area contributed by atoms with Crippen molar-refractivity contribution in [2.24, 2.45) is 5.73 Å². The van der Waals surface area contributed by atoms with Gasteiger partial charge in [-0.05, 0) is 37.5 Å². The summed E-state index contributed by atoms with van der Waals surface area (Å²) in [5.41, 5.74) is 7.02. The number of benzene rings is 1. The first-order chi connectivity index (χ1) is 10.7. The molecule has 2 aromatic rings. The minimum Gasteiger partial charge on any atom is -0.504 e. The van der Waals surface area contributed by atoms with Crippen molar-refractivity contribution >= 4 is 5.91 Å². The molecule has 0 aliphatic carbocycles. The van der Waals surface area contributed by atoms with Crippen LogP contribution in [-0.4, -0.2) is 32.9 Å². The maximum Gasteiger partial charge on any atom is 0.276 e. The van der Waals surface area contributed by atoms with Crippen molar-refractivity contribution in [3.8, 4) is 11.4 Å². The molecule has 4 N–H and O–H groups in total.